The summed E-state index contributed by atoms with van der Waals surface area (Å²) >= 11 is 6.02. The number of hydrogen-bond acceptors (Lipinski definition) is 4. The molecule has 4 nitrogen and oxygen atoms in total. The number of aliphatic hydroxyl groups excluding tert-OH is 2. The van der Waals surface area contributed by atoms with Gasteiger partial charge in [0, 0.05) is 23.0 Å². The first-order valence-electron chi connectivity index (χ1n) is 5.75. The van der Waals surface area contributed by atoms with E-state index >= 15 is 0 Å². The minimum Gasteiger partial charge on any atom is -0.495 e. The lowest BCUT2D eigenvalue weighted by molar-refractivity contribution is 0.0806. The average molecular weight is 274 g/mol. The largest absolute Gasteiger partial charge is 0.495 e. The summed E-state index contributed by atoms with van der Waals surface area (Å²) < 4.78 is 5.24. The number of halogens is 1. The summed E-state index contributed by atoms with van der Waals surface area (Å²) in [5.41, 5.74) is 1.17. The molecule has 0 aromatic heterocycles. The molecule has 0 aliphatic rings. The van der Waals surface area contributed by atoms with Crippen LogP contribution in [0.15, 0.2) is 12.1 Å². The Morgan fingerprint density at radius 1 is 1.33 bits per heavy atom. The molecule has 5 heteroatoms. The van der Waals surface area contributed by atoms with Crippen molar-refractivity contribution in [1.82, 2.24) is 0 Å². The van der Waals surface area contributed by atoms with Gasteiger partial charge in [0.1, 0.15) is 5.75 Å². The molecule has 0 atom stereocenters. The molecule has 0 saturated carbocycles. The summed E-state index contributed by atoms with van der Waals surface area (Å²) in [4.78, 5) is 0. The van der Waals surface area contributed by atoms with Crippen molar-refractivity contribution >= 4 is 17.3 Å². The molecule has 18 heavy (non-hydrogen) atoms. The molecule has 1 aromatic carbocycles. The van der Waals surface area contributed by atoms with E-state index in [0.717, 1.165) is 11.3 Å². The van der Waals surface area contributed by atoms with E-state index in [-0.39, 0.29) is 13.2 Å². The highest BCUT2D eigenvalue weighted by atomic mass is 35.5. The second kappa shape index (κ2) is 6.27. The van der Waals surface area contributed by atoms with Gasteiger partial charge in [0.25, 0.3) is 0 Å². The summed E-state index contributed by atoms with van der Waals surface area (Å²) in [7, 11) is 1.57. The monoisotopic (exact) mass is 273 g/mol. The van der Waals surface area contributed by atoms with Crippen LogP contribution < -0.4 is 10.1 Å². The van der Waals surface area contributed by atoms with Crippen LogP contribution in [0.3, 0.4) is 0 Å². The highest BCUT2D eigenvalue weighted by Gasteiger charge is 2.22. The van der Waals surface area contributed by atoms with Crippen LogP contribution in [0.5, 0.6) is 5.75 Å². The van der Waals surface area contributed by atoms with Gasteiger partial charge in [0.05, 0.1) is 26.0 Å². The molecule has 0 amide bonds. The number of hydrogen-bond donors (Lipinski definition) is 3. The predicted octanol–water partition coefficient (Wildman–Crippen LogP) is 2.06. The van der Waals surface area contributed by atoms with Crippen molar-refractivity contribution in [3.63, 3.8) is 0 Å². The molecule has 0 bridgehead atoms. The van der Waals surface area contributed by atoms with Gasteiger partial charge in [0.2, 0.25) is 0 Å². The Bertz CT molecular complexity index is 405. The Hall–Kier alpha value is -0.970. The average Bonchev–Trinajstić information content (AvgIpc) is 2.39. The number of aryl methyl sites for hydroxylation is 1. The number of ether oxygens (including phenoxy) is 1. The lowest BCUT2D eigenvalue weighted by Crippen LogP contribution is -2.34. The van der Waals surface area contributed by atoms with Gasteiger partial charge in [-0.2, -0.15) is 0 Å². The molecule has 0 spiro atoms. The Balaban J connectivity index is 2.87. The Kier molecular flexibility index (Phi) is 5.26. The van der Waals surface area contributed by atoms with Crippen molar-refractivity contribution in [3.05, 3.63) is 22.7 Å². The van der Waals surface area contributed by atoms with Gasteiger partial charge in [0.15, 0.2) is 0 Å². The fraction of sp³-hybridized carbons (Fsp3) is 0.538. The Morgan fingerprint density at radius 3 is 2.44 bits per heavy atom. The zero-order valence-electron chi connectivity index (χ0n) is 11.0. The fourth-order valence-electron chi connectivity index (χ4n) is 1.44. The van der Waals surface area contributed by atoms with E-state index in [1.807, 2.05) is 13.0 Å². The third kappa shape index (κ3) is 3.51. The van der Waals surface area contributed by atoms with E-state index in [0.29, 0.717) is 17.3 Å². The van der Waals surface area contributed by atoms with E-state index in [2.05, 4.69) is 5.32 Å². The van der Waals surface area contributed by atoms with Crippen LogP contribution in [0.1, 0.15) is 12.5 Å². The Labute approximate surface area is 113 Å². The van der Waals surface area contributed by atoms with Crippen LogP contribution in [0, 0.1) is 12.3 Å². The minimum atomic E-state index is -0.571. The van der Waals surface area contributed by atoms with E-state index in [9.17, 15) is 10.2 Å². The smallest absolute Gasteiger partial charge is 0.143 e. The first kappa shape index (κ1) is 15.1. The van der Waals surface area contributed by atoms with Crippen molar-refractivity contribution < 1.29 is 14.9 Å². The number of anilines is 1. The number of aliphatic hydroxyl groups is 2. The number of nitrogens with one attached hydrogen (secondary N) is 1. The number of benzene rings is 1. The zero-order chi connectivity index (χ0) is 13.8. The van der Waals surface area contributed by atoms with Crippen LogP contribution in [-0.4, -0.2) is 37.1 Å². The zero-order valence-corrected chi connectivity index (χ0v) is 11.7. The molecule has 0 saturated heterocycles. The van der Waals surface area contributed by atoms with Gasteiger partial charge in [-0.25, -0.2) is 0 Å². The summed E-state index contributed by atoms with van der Waals surface area (Å²) in [5.74, 6) is 0.642. The van der Waals surface area contributed by atoms with E-state index in [1.54, 1.807) is 20.1 Å². The summed E-state index contributed by atoms with van der Waals surface area (Å²) in [6.07, 6.45) is 0. The standard InChI is InChI=1S/C13H20ClNO3/c1-9-4-11(12(18-3)5-10(9)14)15-6-13(2,7-16)8-17/h4-5,15-17H,6-8H2,1-3H3. The Morgan fingerprint density at radius 2 is 1.94 bits per heavy atom. The molecule has 0 aliphatic heterocycles. The molecule has 0 heterocycles. The molecular formula is C13H20ClNO3. The number of methoxy groups -OCH3 is 1. The topological polar surface area (TPSA) is 61.7 Å². The first-order valence-corrected chi connectivity index (χ1v) is 6.13. The second-order valence-corrected chi connectivity index (χ2v) is 5.19. The third-order valence-corrected chi connectivity index (χ3v) is 3.36. The van der Waals surface area contributed by atoms with Crippen molar-refractivity contribution in [2.24, 2.45) is 5.41 Å². The maximum atomic E-state index is 9.24. The molecular weight excluding hydrogens is 254 g/mol. The van der Waals surface area contributed by atoms with E-state index in [4.69, 9.17) is 16.3 Å². The van der Waals surface area contributed by atoms with Gasteiger partial charge in [-0.05, 0) is 18.6 Å². The highest BCUT2D eigenvalue weighted by Crippen LogP contribution is 2.31. The maximum absolute atomic E-state index is 9.24. The SMILES string of the molecule is COc1cc(Cl)c(C)cc1NCC(C)(CO)CO. The molecule has 0 fully saturated rings. The van der Waals surface area contributed by atoms with Crippen LogP contribution in [-0.2, 0) is 0 Å². The van der Waals surface area contributed by atoms with Crippen LogP contribution >= 0.6 is 11.6 Å². The second-order valence-electron chi connectivity index (χ2n) is 4.78. The maximum Gasteiger partial charge on any atom is 0.143 e. The highest BCUT2D eigenvalue weighted by molar-refractivity contribution is 6.31. The van der Waals surface area contributed by atoms with Crippen molar-refractivity contribution in [1.29, 1.82) is 0 Å². The lowest BCUT2D eigenvalue weighted by atomic mass is 9.93. The summed E-state index contributed by atoms with van der Waals surface area (Å²) in [6, 6.07) is 3.63. The number of rotatable bonds is 6. The quantitative estimate of drug-likeness (QED) is 0.742. The third-order valence-electron chi connectivity index (χ3n) is 2.95. The molecule has 1 aromatic rings. The molecule has 0 aliphatic carbocycles. The summed E-state index contributed by atoms with van der Waals surface area (Å²) in [6.45, 7) is 3.97. The van der Waals surface area contributed by atoms with E-state index < -0.39 is 5.41 Å². The molecule has 0 radical (unpaired) electrons. The van der Waals surface area contributed by atoms with Gasteiger partial charge in [-0.3, -0.25) is 0 Å². The van der Waals surface area contributed by atoms with Crippen LogP contribution in [0.4, 0.5) is 5.69 Å². The fourth-order valence-corrected chi connectivity index (χ4v) is 1.59. The van der Waals surface area contributed by atoms with Gasteiger partial charge in [-0.15, -0.1) is 0 Å². The lowest BCUT2D eigenvalue weighted by Gasteiger charge is -2.26. The first-order chi connectivity index (χ1) is 8.45. The van der Waals surface area contributed by atoms with Crippen molar-refractivity contribution in [2.75, 3.05) is 32.2 Å². The van der Waals surface area contributed by atoms with Gasteiger partial charge >= 0.3 is 0 Å². The van der Waals surface area contributed by atoms with Gasteiger partial charge in [-0.1, -0.05) is 18.5 Å². The molecule has 3 N–H and O–H groups in total. The van der Waals surface area contributed by atoms with Gasteiger partial charge < -0.3 is 20.3 Å². The predicted molar refractivity (Wildman–Crippen MR) is 73.5 cm³/mol. The minimum absolute atomic E-state index is 0.0919. The molecule has 102 valence electrons. The summed E-state index contributed by atoms with van der Waals surface area (Å²) in [5, 5.41) is 22.3. The molecule has 0 unspecified atom stereocenters. The van der Waals surface area contributed by atoms with E-state index in [1.165, 1.54) is 0 Å². The van der Waals surface area contributed by atoms with Crippen LogP contribution in [0.2, 0.25) is 5.02 Å². The van der Waals surface area contributed by atoms with Crippen LogP contribution in [0.25, 0.3) is 0 Å². The molecule has 1 rings (SSSR count). The van der Waals surface area contributed by atoms with Crippen molar-refractivity contribution in [3.8, 4) is 5.75 Å². The normalized spacial score (nSPS) is 11.4. The van der Waals surface area contributed by atoms with Crippen molar-refractivity contribution in [2.45, 2.75) is 13.8 Å².